The summed E-state index contributed by atoms with van der Waals surface area (Å²) >= 11 is 0. The normalized spacial score (nSPS) is 17.1. The van der Waals surface area contributed by atoms with Gasteiger partial charge in [0.15, 0.2) is 0 Å². The second-order valence-corrected chi connectivity index (χ2v) is 7.96. The molecule has 0 radical (unpaired) electrons. The Labute approximate surface area is 154 Å². The molecule has 0 aliphatic carbocycles. The zero-order valence-corrected chi connectivity index (χ0v) is 15.6. The van der Waals surface area contributed by atoms with Gasteiger partial charge in [-0.3, -0.25) is 4.79 Å². The minimum Gasteiger partial charge on any atom is -0.339 e. The fourth-order valence-electron chi connectivity index (χ4n) is 2.91. The molecule has 1 unspecified atom stereocenters. The second-order valence-electron chi connectivity index (χ2n) is 6.03. The molecule has 2 N–H and O–H groups in total. The first-order valence-electron chi connectivity index (χ1n) is 7.93. The number of carbonyl (C=O) groups excluding carboxylic acids is 1. The van der Waals surface area contributed by atoms with E-state index in [1.807, 2.05) is 30.3 Å². The van der Waals surface area contributed by atoms with Crippen LogP contribution in [0, 0.1) is 0 Å². The highest BCUT2D eigenvalue weighted by Gasteiger charge is 2.30. The summed E-state index contributed by atoms with van der Waals surface area (Å²) < 4.78 is 27.1. The van der Waals surface area contributed by atoms with Gasteiger partial charge in [0.1, 0.15) is 0 Å². The highest BCUT2D eigenvalue weighted by molar-refractivity contribution is 7.89. The number of halogens is 1. The predicted molar refractivity (Wildman–Crippen MR) is 100 cm³/mol. The van der Waals surface area contributed by atoms with Gasteiger partial charge in [-0.05, 0) is 29.8 Å². The Kier molecular flexibility index (Phi) is 6.05. The van der Waals surface area contributed by atoms with Crippen molar-refractivity contribution in [3.63, 3.8) is 0 Å². The average molecular weight is 384 g/mol. The lowest BCUT2D eigenvalue weighted by Crippen LogP contribution is -2.53. The van der Waals surface area contributed by atoms with Crippen LogP contribution in [-0.4, -0.2) is 55.8 Å². The molecule has 0 aromatic heterocycles. The fraction of sp³-hybridized carbons (Fsp3) is 0.353. The molecule has 0 spiro atoms. The first kappa shape index (κ1) is 19.7. The average Bonchev–Trinajstić information content (AvgIpc) is 2.60. The van der Waals surface area contributed by atoms with Crippen molar-refractivity contribution in [2.75, 3.05) is 26.2 Å². The maximum Gasteiger partial charge on any atom is 0.243 e. The lowest BCUT2D eigenvalue weighted by molar-refractivity contribution is -0.133. The minimum atomic E-state index is -3.56. The summed E-state index contributed by atoms with van der Waals surface area (Å²) in [7, 11) is -3.56. The third-order valence-electron chi connectivity index (χ3n) is 4.30. The first-order chi connectivity index (χ1) is 11.4. The molecule has 2 aromatic rings. The van der Waals surface area contributed by atoms with Gasteiger partial charge in [-0.15, -0.1) is 12.4 Å². The number of nitrogens with two attached hydrogens (primary N) is 1. The van der Waals surface area contributed by atoms with Crippen LogP contribution >= 0.6 is 12.4 Å². The monoisotopic (exact) mass is 383 g/mol. The second kappa shape index (κ2) is 7.70. The van der Waals surface area contributed by atoms with Crippen LogP contribution in [0.2, 0.25) is 0 Å². The van der Waals surface area contributed by atoms with Gasteiger partial charge < -0.3 is 10.6 Å². The molecule has 1 atom stereocenters. The van der Waals surface area contributed by atoms with Gasteiger partial charge in [0.25, 0.3) is 0 Å². The van der Waals surface area contributed by atoms with Crippen LogP contribution in [-0.2, 0) is 14.8 Å². The Hall–Kier alpha value is -1.67. The van der Waals surface area contributed by atoms with Crippen LogP contribution in [0.5, 0.6) is 0 Å². The smallest absolute Gasteiger partial charge is 0.243 e. The molecule has 136 valence electrons. The van der Waals surface area contributed by atoms with Crippen LogP contribution in [0.1, 0.15) is 6.92 Å². The van der Waals surface area contributed by atoms with Gasteiger partial charge >= 0.3 is 0 Å². The maximum atomic E-state index is 12.8. The molecular formula is C17H22ClN3O3S. The molecule has 25 heavy (non-hydrogen) atoms. The highest BCUT2D eigenvalue weighted by Crippen LogP contribution is 2.22. The summed E-state index contributed by atoms with van der Waals surface area (Å²) in [4.78, 5) is 13.8. The number of benzene rings is 2. The largest absolute Gasteiger partial charge is 0.339 e. The van der Waals surface area contributed by atoms with Crippen molar-refractivity contribution in [2.45, 2.75) is 17.9 Å². The van der Waals surface area contributed by atoms with Gasteiger partial charge in [-0.2, -0.15) is 4.31 Å². The molecule has 1 amide bonds. The third-order valence-corrected chi connectivity index (χ3v) is 6.19. The Morgan fingerprint density at radius 1 is 1.04 bits per heavy atom. The topological polar surface area (TPSA) is 83.7 Å². The van der Waals surface area contributed by atoms with Gasteiger partial charge in [-0.25, -0.2) is 8.42 Å². The molecule has 1 heterocycles. The lowest BCUT2D eigenvalue weighted by Gasteiger charge is -2.34. The molecule has 6 nitrogen and oxygen atoms in total. The molecule has 8 heteroatoms. The maximum absolute atomic E-state index is 12.8. The number of amides is 1. The van der Waals surface area contributed by atoms with E-state index in [4.69, 9.17) is 5.73 Å². The molecule has 0 saturated carbocycles. The molecule has 0 bridgehead atoms. The van der Waals surface area contributed by atoms with Crippen molar-refractivity contribution in [1.82, 2.24) is 9.21 Å². The summed E-state index contributed by atoms with van der Waals surface area (Å²) in [6.07, 6.45) is 0. The van der Waals surface area contributed by atoms with Crippen molar-refractivity contribution in [1.29, 1.82) is 0 Å². The SMILES string of the molecule is CC(N)C(=O)N1CCN(S(=O)(=O)c2ccc3ccccc3c2)CC1.Cl. The molecule has 1 saturated heterocycles. The van der Waals surface area contributed by atoms with Crippen LogP contribution in [0.25, 0.3) is 10.8 Å². The molecule has 1 fully saturated rings. The van der Waals surface area contributed by atoms with Crippen LogP contribution in [0.15, 0.2) is 47.4 Å². The Morgan fingerprint density at radius 2 is 1.64 bits per heavy atom. The molecule has 1 aliphatic heterocycles. The molecule has 3 rings (SSSR count). The molecule has 2 aromatic carbocycles. The van der Waals surface area contributed by atoms with Crippen molar-refractivity contribution >= 4 is 39.1 Å². The van der Waals surface area contributed by atoms with Crippen molar-refractivity contribution < 1.29 is 13.2 Å². The number of carbonyl (C=O) groups is 1. The number of rotatable bonds is 3. The van der Waals surface area contributed by atoms with E-state index >= 15 is 0 Å². The zero-order valence-electron chi connectivity index (χ0n) is 14.0. The van der Waals surface area contributed by atoms with Gasteiger partial charge in [0, 0.05) is 26.2 Å². The molecule has 1 aliphatic rings. The van der Waals surface area contributed by atoms with Crippen LogP contribution in [0.4, 0.5) is 0 Å². The van der Waals surface area contributed by atoms with Crippen molar-refractivity contribution in [3.05, 3.63) is 42.5 Å². The van der Waals surface area contributed by atoms with Crippen molar-refractivity contribution in [3.8, 4) is 0 Å². The fourth-order valence-corrected chi connectivity index (χ4v) is 4.37. The zero-order chi connectivity index (χ0) is 17.3. The van der Waals surface area contributed by atoms with Crippen molar-refractivity contribution in [2.24, 2.45) is 5.73 Å². The van der Waals surface area contributed by atoms with E-state index in [0.29, 0.717) is 13.1 Å². The standard InChI is InChI=1S/C17H21N3O3S.ClH/c1-13(18)17(21)19-8-10-20(11-9-19)24(22,23)16-7-6-14-4-2-3-5-15(14)12-16;/h2-7,12-13H,8-11,18H2,1H3;1H. The number of fused-ring (bicyclic) bond motifs is 1. The van der Waals surface area contributed by atoms with Crippen LogP contribution in [0.3, 0.4) is 0 Å². The number of hydrogen-bond donors (Lipinski definition) is 1. The Bertz CT molecular complexity index is 862. The Balaban J connectivity index is 0.00000225. The Morgan fingerprint density at radius 3 is 2.24 bits per heavy atom. The molecular weight excluding hydrogens is 362 g/mol. The summed E-state index contributed by atoms with van der Waals surface area (Å²) in [6, 6.07) is 12.2. The van der Waals surface area contributed by atoms with Gasteiger partial charge in [-0.1, -0.05) is 30.3 Å². The predicted octanol–water partition coefficient (Wildman–Crippen LogP) is 1.44. The number of sulfonamides is 1. The van der Waals surface area contributed by atoms with E-state index < -0.39 is 16.1 Å². The van der Waals surface area contributed by atoms with E-state index in [1.54, 1.807) is 24.0 Å². The van der Waals surface area contributed by atoms with E-state index in [0.717, 1.165) is 10.8 Å². The van der Waals surface area contributed by atoms with Gasteiger partial charge in [0.05, 0.1) is 10.9 Å². The van der Waals surface area contributed by atoms with E-state index in [2.05, 4.69) is 0 Å². The van der Waals surface area contributed by atoms with E-state index in [1.165, 1.54) is 4.31 Å². The summed E-state index contributed by atoms with van der Waals surface area (Å²) in [5.74, 6) is -0.141. The number of piperazine rings is 1. The summed E-state index contributed by atoms with van der Waals surface area (Å²) in [5.41, 5.74) is 5.61. The number of nitrogens with zero attached hydrogens (tertiary/aromatic N) is 2. The quantitative estimate of drug-likeness (QED) is 0.869. The third kappa shape index (κ3) is 3.95. The number of hydrogen-bond acceptors (Lipinski definition) is 4. The lowest BCUT2D eigenvalue weighted by atomic mass is 10.1. The van der Waals surface area contributed by atoms with Gasteiger partial charge in [0.2, 0.25) is 15.9 Å². The summed E-state index contributed by atoms with van der Waals surface area (Å²) in [5, 5.41) is 1.90. The minimum absolute atomic E-state index is 0. The van der Waals surface area contributed by atoms with E-state index in [-0.39, 0.29) is 36.3 Å². The highest BCUT2D eigenvalue weighted by atomic mass is 35.5. The summed E-state index contributed by atoms with van der Waals surface area (Å²) in [6.45, 7) is 2.95. The van der Waals surface area contributed by atoms with Crippen LogP contribution < -0.4 is 5.73 Å². The first-order valence-corrected chi connectivity index (χ1v) is 9.37. The van der Waals surface area contributed by atoms with E-state index in [9.17, 15) is 13.2 Å².